The van der Waals surface area contributed by atoms with E-state index in [0.29, 0.717) is 29.8 Å². The lowest BCUT2D eigenvalue weighted by Gasteiger charge is -2.37. The molecule has 1 amide bonds. The molecule has 142 valence electrons. The number of likely N-dealkylation sites (tertiary alicyclic amines) is 2. The first kappa shape index (κ1) is 17.8. The summed E-state index contributed by atoms with van der Waals surface area (Å²) in [5, 5.41) is 3.70. The Kier molecular flexibility index (Phi) is 5.97. The zero-order chi connectivity index (χ0) is 17.1. The van der Waals surface area contributed by atoms with Gasteiger partial charge in [-0.2, -0.15) is 0 Å². The lowest BCUT2D eigenvalue weighted by molar-refractivity contribution is -0.134. The van der Waals surface area contributed by atoms with Crippen molar-refractivity contribution < 1.29 is 4.79 Å². The molecule has 0 spiro atoms. The molecule has 4 heteroatoms. The first-order chi connectivity index (χ1) is 12.3. The first-order valence-corrected chi connectivity index (χ1v) is 11.0. The number of rotatable bonds is 4. The van der Waals surface area contributed by atoms with Crippen LogP contribution in [-0.4, -0.2) is 60.5 Å². The quantitative estimate of drug-likeness (QED) is 0.849. The number of hydrogen-bond acceptors (Lipinski definition) is 3. The number of piperidine rings is 2. The molecule has 4 rings (SSSR count). The zero-order valence-corrected chi connectivity index (χ0v) is 15.9. The van der Waals surface area contributed by atoms with Crippen molar-refractivity contribution in [2.24, 2.45) is 11.8 Å². The Hall–Kier alpha value is -0.610. The smallest absolute Gasteiger partial charge is 0.222 e. The van der Waals surface area contributed by atoms with Crippen molar-refractivity contribution in [3.05, 3.63) is 0 Å². The maximum absolute atomic E-state index is 12.9. The third-order valence-corrected chi connectivity index (χ3v) is 7.12. The fourth-order valence-electron chi connectivity index (χ4n) is 5.84. The third-order valence-electron chi connectivity index (χ3n) is 7.12. The Morgan fingerprint density at radius 2 is 1.56 bits per heavy atom. The maximum atomic E-state index is 12.9. The highest BCUT2D eigenvalue weighted by atomic mass is 16.2. The van der Waals surface area contributed by atoms with Crippen molar-refractivity contribution in [3.8, 4) is 0 Å². The average molecular weight is 348 g/mol. The highest BCUT2D eigenvalue weighted by Gasteiger charge is 2.35. The van der Waals surface area contributed by atoms with E-state index in [1.165, 1.54) is 83.8 Å². The van der Waals surface area contributed by atoms with Crippen LogP contribution >= 0.6 is 0 Å². The largest absolute Gasteiger partial charge is 0.342 e. The molecule has 2 bridgehead atoms. The van der Waals surface area contributed by atoms with Crippen LogP contribution in [0.25, 0.3) is 0 Å². The zero-order valence-electron chi connectivity index (χ0n) is 15.9. The van der Waals surface area contributed by atoms with Gasteiger partial charge >= 0.3 is 0 Å². The van der Waals surface area contributed by atoms with Gasteiger partial charge in [-0.05, 0) is 76.3 Å². The average Bonchev–Trinajstić information content (AvgIpc) is 2.81. The van der Waals surface area contributed by atoms with Crippen LogP contribution < -0.4 is 5.32 Å². The van der Waals surface area contributed by atoms with Gasteiger partial charge in [-0.3, -0.25) is 4.79 Å². The van der Waals surface area contributed by atoms with Crippen LogP contribution in [0.15, 0.2) is 0 Å². The van der Waals surface area contributed by atoms with E-state index in [2.05, 4.69) is 15.1 Å². The number of carbonyl (C=O) groups is 1. The van der Waals surface area contributed by atoms with Gasteiger partial charge in [0.05, 0.1) is 0 Å². The maximum Gasteiger partial charge on any atom is 0.222 e. The number of fused-ring (bicyclic) bond motifs is 2. The van der Waals surface area contributed by atoms with Gasteiger partial charge < -0.3 is 15.1 Å². The van der Waals surface area contributed by atoms with Gasteiger partial charge in [0.25, 0.3) is 0 Å². The van der Waals surface area contributed by atoms with Gasteiger partial charge in [-0.25, -0.2) is 0 Å². The fraction of sp³-hybridized carbons (Fsp3) is 0.952. The van der Waals surface area contributed by atoms with Crippen LogP contribution in [0.3, 0.4) is 0 Å². The molecule has 4 nitrogen and oxygen atoms in total. The van der Waals surface area contributed by atoms with E-state index in [1.54, 1.807) is 0 Å². The Labute approximate surface area is 153 Å². The van der Waals surface area contributed by atoms with Crippen LogP contribution in [0.1, 0.15) is 70.6 Å². The monoisotopic (exact) mass is 347 g/mol. The van der Waals surface area contributed by atoms with Crippen molar-refractivity contribution in [2.45, 2.75) is 82.7 Å². The van der Waals surface area contributed by atoms with E-state index in [1.807, 2.05) is 0 Å². The number of carbonyl (C=O) groups excluding carboxylic acids is 1. The van der Waals surface area contributed by atoms with Gasteiger partial charge in [-0.15, -0.1) is 0 Å². The molecule has 3 unspecified atom stereocenters. The number of amides is 1. The van der Waals surface area contributed by atoms with Crippen LogP contribution in [0.5, 0.6) is 0 Å². The van der Waals surface area contributed by atoms with Crippen molar-refractivity contribution in [2.75, 3.05) is 32.7 Å². The topological polar surface area (TPSA) is 35.6 Å². The van der Waals surface area contributed by atoms with E-state index >= 15 is 0 Å². The van der Waals surface area contributed by atoms with Crippen molar-refractivity contribution >= 4 is 5.91 Å². The summed E-state index contributed by atoms with van der Waals surface area (Å²) in [7, 11) is 0. The summed E-state index contributed by atoms with van der Waals surface area (Å²) in [5.74, 6) is 1.80. The molecule has 0 aliphatic carbocycles. The summed E-state index contributed by atoms with van der Waals surface area (Å²) in [5.41, 5.74) is 0. The summed E-state index contributed by atoms with van der Waals surface area (Å²) in [4.78, 5) is 17.8. The second-order valence-electron chi connectivity index (χ2n) is 9.24. The molecule has 4 aliphatic heterocycles. The first-order valence-electron chi connectivity index (χ1n) is 11.0. The summed E-state index contributed by atoms with van der Waals surface area (Å²) < 4.78 is 0. The predicted molar refractivity (Wildman–Crippen MR) is 101 cm³/mol. The molecular weight excluding hydrogens is 310 g/mol. The standard InChI is InChI=1S/C21H37N3O/c25-21(14-18-12-19-7-8-20(13-18)22-19)24-11-5-6-17(16-24)15-23-9-3-1-2-4-10-23/h17-20,22H,1-16H2. The van der Waals surface area contributed by atoms with Crippen LogP contribution in [0.2, 0.25) is 0 Å². The Bertz CT molecular complexity index is 434. The van der Waals surface area contributed by atoms with Gasteiger partial charge in [0.1, 0.15) is 0 Å². The molecule has 0 aromatic rings. The second-order valence-corrected chi connectivity index (χ2v) is 9.24. The summed E-state index contributed by atoms with van der Waals surface area (Å²) in [6.45, 7) is 5.81. The van der Waals surface area contributed by atoms with Crippen molar-refractivity contribution in [3.63, 3.8) is 0 Å². The lowest BCUT2D eigenvalue weighted by Crippen LogP contribution is -2.45. The molecule has 0 aromatic carbocycles. The minimum atomic E-state index is 0.451. The van der Waals surface area contributed by atoms with Crippen molar-refractivity contribution in [1.29, 1.82) is 0 Å². The lowest BCUT2D eigenvalue weighted by atomic mass is 9.88. The van der Waals surface area contributed by atoms with Crippen LogP contribution in [0.4, 0.5) is 0 Å². The van der Waals surface area contributed by atoms with E-state index in [0.717, 1.165) is 19.5 Å². The van der Waals surface area contributed by atoms with Crippen LogP contribution in [-0.2, 0) is 4.79 Å². The van der Waals surface area contributed by atoms with Gasteiger partial charge in [0.2, 0.25) is 5.91 Å². The number of hydrogen-bond donors (Lipinski definition) is 1. The second kappa shape index (κ2) is 8.39. The van der Waals surface area contributed by atoms with Gasteiger partial charge in [0, 0.05) is 38.1 Å². The summed E-state index contributed by atoms with van der Waals surface area (Å²) in [6, 6.07) is 1.40. The van der Waals surface area contributed by atoms with E-state index in [-0.39, 0.29) is 0 Å². The molecule has 3 atom stereocenters. The highest BCUT2D eigenvalue weighted by molar-refractivity contribution is 5.76. The SMILES string of the molecule is O=C(CC1CC2CCC(C1)N2)N1CCCC(CN2CCCCCC2)C1. The highest BCUT2D eigenvalue weighted by Crippen LogP contribution is 2.33. The molecule has 4 saturated heterocycles. The van der Waals surface area contributed by atoms with E-state index in [4.69, 9.17) is 0 Å². The van der Waals surface area contributed by atoms with Crippen LogP contribution in [0, 0.1) is 11.8 Å². The normalized spacial score (nSPS) is 37.0. The minimum Gasteiger partial charge on any atom is -0.342 e. The predicted octanol–water partition coefficient (Wildman–Crippen LogP) is 3.02. The fourth-order valence-corrected chi connectivity index (χ4v) is 5.84. The number of nitrogens with zero attached hydrogens (tertiary/aromatic N) is 2. The molecular formula is C21H37N3O. The Morgan fingerprint density at radius 1 is 0.840 bits per heavy atom. The Morgan fingerprint density at radius 3 is 2.28 bits per heavy atom. The van der Waals surface area contributed by atoms with E-state index < -0.39 is 0 Å². The minimum absolute atomic E-state index is 0.451. The van der Waals surface area contributed by atoms with E-state index in [9.17, 15) is 4.79 Å². The molecule has 4 fully saturated rings. The molecule has 4 aliphatic rings. The van der Waals surface area contributed by atoms with Crippen molar-refractivity contribution in [1.82, 2.24) is 15.1 Å². The summed E-state index contributed by atoms with van der Waals surface area (Å²) in [6.07, 6.45) is 14.0. The molecule has 1 N–H and O–H groups in total. The molecule has 25 heavy (non-hydrogen) atoms. The summed E-state index contributed by atoms with van der Waals surface area (Å²) >= 11 is 0. The van der Waals surface area contributed by atoms with Gasteiger partial charge in [0.15, 0.2) is 0 Å². The molecule has 0 aromatic heterocycles. The molecule has 0 radical (unpaired) electrons. The Balaban J connectivity index is 1.24. The number of nitrogens with one attached hydrogen (secondary N) is 1. The molecule has 0 saturated carbocycles. The third kappa shape index (κ3) is 4.77. The molecule has 4 heterocycles. The van der Waals surface area contributed by atoms with Gasteiger partial charge in [-0.1, -0.05) is 12.8 Å².